The van der Waals surface area contributed by atoms with E-state index in [2.05, 4.69) is 12.2 Å². The van der Waals surface area contributed by atoms with Crippen molar-refractivity contribution in [3.63, 3.8) is 0 Å². The molecule has 1 nitrogen and oxygen atoms in total. The lowest BCUT2D eigenvalue weighted by atomic mass is 9.80. The topological polar surface area (TPSA) is 26.0 Å². The van der Waals surface area contributed by atoms with Crippen molar-refractivity contribution in [1.82, 2.24) is 0 Å². The Hall–Kier alpha value is -0.300. The maximum Gasteiger partial charge on any atom is 0.0102 e. The molecule has 2 N–H and O–H groups in total. The highest BCUT2D eigenvalue weighted by Gasteiger charge is 2.23. The standard InChI is InChI=1S/C7H13N/c1-2-3-6-4-5-7(6)8/h2-3,6-7H,4-5,8H2,1H3. The zero-order chi connectivity index (χ0) is 5.98. The van der Waals surface area contributed by atoms with E-state index in [1.807, 2.05) is 6.92 Å². The summed E-state index contributed by atoms with van der Waals surface area (Å²) in [5.41, 5.74) is 5.66. The van der Waals surface area contributed by atoms with Crippen LogP contribution in [-0.2, 0) is 0 Å². The van der Waals surface area contributed by atoms with E-state index in [9.17, 15) is 0 Å². The minimum absolute atomic E-state index is 0.464. The van der Waals surface area contributed by atoms with Crippen LogP contribution in [0.15, 0.2) is 12.2 Å². The van der Waals surface area contributed by atoms with Crippen molar-refractivity contribution in [2.24, 2.45) is 11.7 Å². The molecular weight excluding hydrogens is 98.1 g/mol. The molecule has 0 aliphatic heterocycles. The molecule has 2 unspecified atom stereocenters. The Balaban J connectivity index is 2.27. The molecule has 1 aliphatic carbocycles. The van der Waals surface area contributed by atoms with E-state index in [1.54, 1.807) is 0 Å². The number of allylic oxidation sites excluding steroid dienone is 1. The van der Waals surface area contributed by atoms with Gasteiger partial charge in [0.05, 0.1) is 0 Å². The number of nitrogens with two attached hydrogens (primary N) is 1. The van der Waals surface area contributed by atoms with Crippen molar-refractivity contribution in [2.45, 2.75) is 25.8 Å². The first-order chi connectivity index (χ1) is 3.84. The van der Waals surface area contributed by atoms with Crippen LogP contribution < -0.4 is 5.73 Å². The van der Waals surface area contributed by atoms with Crippen LogP contribution in [-0.4, -0.2) is 6.04 Å². The summed E-state index contributed by atoms with van der Waals surface area (Å²) < 4.78 is 0. The molecule has 0 spiro atoms. The zero-order valence-corrected chi connectivity index (χ0v) is 5.30. The Morgan fingerprint density at radius 1 is 1.50 bits per heavy atom. The highest BCUT2D eigenvalue weighted by atomic mass is 14.7. The van der Waals surface area contributed by atoms with Gasteiger partial charge in [-0.2, -0.15) is 0 Å². The van der Waals surface area contributed by atoms with E-state index >= 15 is 0 Å². The van der Waals surface area contributed by atoms with Crippen LogP contribution in [0.2, 0.25) is 0 Å². The van der Waals surface area contributed by atoms with Gasteiger partial charge in [0.25, 0.3) is 0 Å². The third kappa shape index (κ3) is 0.920. The zero-order valence-electron chi connectivity index (χ0n) is 5.30. The summed E-state index contributed by atoms with van der Waals surface area (Å²) in [6, 6.07) is 0.464. The summed E-state index contributed by atoms with van der Waals surface area (Å²) in [4.78, 5) is 0. The molecule has 1 rings (SSSR count). The molecule has 0 aromatic heterocycles. The lowest BCUT2D eigenvalue weighted by molar-refractivity contribution is 0.317. The minimum Gasteiger partial charge on any atom is -0.327 e. The highest BCUT2D eigenvalue weighted by Crippen LogP contribution is 2.26. The molecule has 0 bridgehead atoms. The summed E-state index contributed by atoms with van der Waals surface area (Å²) in [7, 11) is 0. The Morgan fingerprint density at radius 2 is 2.25 bits per heavy atom. The average Bonchev–Trinajstić information content (AvgIpc) is 1.79. The molecular formula is C7H13N. The first kappa shape index (κ1) is 5.83. The van der Waals surface area contributed by atoms with Crippen molar-refractivity contribution >= 4 is 0 Å². The predicted octanol–water partition coefficient (Wildman–Crippen LogP) is 1.30. The molecule has 1 heteroatoms. The Bertz CT molecular complexity index is 96.6. The van der Waals surface area contributed by atoms with Gasteiger partial charge in [-0.15, -0.1) is 0 Å². The fraction of sp³-hybridized carbons (Fsp3) is 0.714. The first-order valence-electron chi connectivity index (χ1n) is 3.23. The molecule has 0 aromatic rings. The summed E-state index contributed by atoms with van der Waals surface area (Å²) in [6.07, 6.45) is 6.80. The van der Waals surface area contributed by atoms with Gasteiger partial charge in [-0.05, 0) is 25.7 Å². The third-order valence-corrected chi connectivity index (χ3v) is 1.82. The first-order valence-corrected chi connectivity index (χ1v) is 3.23. The van der Waals surface area contributed by atoms with Crippen LogP contribution in [0.3, 0.4) is 0 Å². The van der Waals surface area contributed by atoms with Gasteiger partial charge in [-0.25, -0.2) is 0 Å². The largest absolute Gasteiger partial charge is 0.327 e. The predicted molar refractivity (Wildman–Crippen MR) is 35.5 cm³/mol. The van der Waals surface area contributed by atoms with Gasteiger partial charge in [-0.1, -0.05) is 12.2 Å². The van der Waals surface area contributed by atoms with Crippen molar-refractivity contribution in [1.29, 1.82) is 0 Å². The van der Waals surface area contributed by atoms with E-state index < -0.39 is 0 Å². The Labute approximate surface area is 50.6 Å². The molecule has 0 heterocycles. The number of rotatable bonds is 1. The maximum absolute atomic E-state index is 5.66. The molecule has 1 aliphatic rings. The monoisotopic (exact) mass is 111 g/mol. The molecule has 0 radical (unpaired) electrons. The number of hydrogen-bond acceptors (Lipinski definition) is 1. The summed E-state index contributed by atoms with van der Waals surface area (Å²) in [5.74, 6) is 0.694. The second-order valence-corrected chi connectivity index (χ2v) is 2.43. The molecule has 0 amide bonds. The molecule has 1 saturated carbocycles. The van der Waals surface area contributed by atoms with Gasteiger partial charge in [0.1, 0.15) is 0 Å². The second-order valence-electron chi connectivity index (χ2n) is 2.43. The van der Waals surface area contributed by atoms with Crippen LogP contribution >= 0.6 is 0 Å². The lowest BCUT2D eigenvalue weighted by Crippen LogP contribution is -2.37. The molecule has 0 saturated heterocycles. The molecule has 8 heavy (non-hydrogen) atoms. The van der Waals surface area contributed by atoms with Crippen LogP contribution in [0.5, 0.6) is 0 Å². The van der Waals surface area contributed by atoms with Gasteiger partial charge in [0, 0.05) is 6.04 Å². The average molecular weight is 111 g/mol. The fourth-order valence-electron chi connectivity index (χ4n) is 1.04. The molecule has 46 valence electrons. The summed E-state index contributed by atoms with van der Waals surface area (Å²) >= 11 is 0. The fourth-order valence-corrected chi connectivity index (χ4v) is 1.04. The van der Waals surface area contributed by atoms with E-state index in [4.69, 9.17) is 5.73 Å². The quantitative estimate of drug-likeness (QED) is 0.507. The van der Waals surface area contributed by atoms with Crippen LogP contribution in [0.4, 0.5) is 0 Å². The highest BCUT2D eigenvalue weighted by molar-refractivity contribution is 4.97. The minimum atomic E-state index is 0.464. The van der Waals surface area contributed by atoms with Crippen LogP contribution in [0.1, 0.15) is 19.8 Å². The molecule has 1 fully saturated rings. The van der Waals surface area contributed by atoms with E-state index in [-0.39, 0.29) is 0 Å². The molecule has 0 aromatic carbocycles. The SMILES string of the molecule is CC=CC1CCC1N. The lowest BCUT2D eigenvalue weighted by Gasteiger charge is -2.30. The van der Waals surface area contributed by atoms with E-state index in [0.717, 1.165) is 0 Å². The van der Waals surface area contributed by atoms with Gasteiger partial charge in [0.15, 0.2) is 0 Å². The van der Waals surface area contributed by atoms with E-state index in [1.165, 1.54) is 12.8 Å². The smallest absolute Gasteiger partial charge is 0.0102 e. The van der Waals surface area contributed by atoms with Gasteiger partial charge >= 0.3 is 0 Å². The van der Waals surface area contributed by atoms with Gasteiger partial charge < -0.3 is 5.73 Å². The second kappa shape index (κ2) is 2.31. The summed E-state index contributed by atoms with van der Waals surface area (Å²) in [6.45, 7) is 2.05. The normalized spacial score (nSPS) is 37.8. The van der Waals surface area contributed by atoms with Crippen molar-refractivity contribution in [3.05, 3.63) is 12.2 Å². The third-order valence-electron chi connectivity index (χ3n) is 1.82. The van der Waals surface area contributed by atoms with Crippen LogP contribution in [0, 0.1) is 5.92 Å². The van der Waals surface area contributed by atoms with Crippen molar-refractivity contribution < 1.29 is 0 Å². The van der Waals surface area contributed by atoms with Gasteiger partial charge in [0.2, 0.25) is 0 Å². The maximum atomic E-state index is 5.66. The van der Waals surface area contributed by atoms with Crippen molar-refractivity contribution in [2.75, 3.05) is 0 Å². The van der Waals surface area contributed by atoms with E-state index in [0.29, 0.717) is 12.0 Å². The Kier molecular flexibility index (Phi) is 1.69. The molecule has 2 atom stereocenters. The Morgan fingerprint density at radius 3 is 2.38 bits per heavy atom. The number of hydrogen-bond donors (Lipinski definition) is 1. The van der Waals surface area contributed by atoms with Crippen molar-refractivity contribution in [3.8, 4) is 0 Å². The van der Waals surface area contributed by atoms with Crippen LogP contribution in [0.25, 0.3) is 0 Å². The summed E-state index contributed by atoms with van der Waals surface area (Å²) in [5, 5.41) is 0. The van der Waals surface area contributed by atoms with Gasteiger partial charge in [-0.3, -0.25) is 0 Å².